The molecule has 1 atom stereocenters. The van der Waals surface area contributed by atoms with Crippen LogP contribution in [0.5, 0.6) is 0 Å². The second-order valence-electron chi connectivity index (χ2n) is 4.75. The zero-order chi connectivity index (χ0) is 14.7. The first-order chi connectivity index (χ1) is 9.50. The molecule has 0 saturated carbocycles. The van der Waals surface area contributed by atoms with Gasteiger partial charge in [0.15, 0.2) is 0 Å². The van der Waals surface area contributed by atoms with Crippen molar-refractivity contribution in [3.05, 3.63) is 5.69 Å². The van der Waals surface area contributed by atoms with Crippen molar-refractivity contribution in [3.63, 3.8) is 0 Å². The van der Waals surface area contributed by atoms with Crippen LogP contribution in [0.3, 0.4) is 0 Å². The lowest BCUT2D eigenvalue weighted by Gasteiger charge is -2.34. The molecule has 20 heavy (non-hydrogen) atoms. The fourth-order valence-corrected chi connectivity index (χ4v) is 1.92. The van der Waals surface area contributed by atoms with Crippen molar-refractivity contribution in [2.24, 2.45) is 0 Å². The molecule has 1 unspecified atom stereocenters. The number of anilines is 1. The van der Waals surface area contributed by atoms with Gasteiger partial charge >= 0.3 is 0 Å². The zero-order valence-corrected chi connectivity index (χ0v) is 11.3. The number of hydrogen-bond donors (Lipinski definition) is 2. The number of nitrogens with one attached hydrogen (secondary N) is 1. The van der Waals surface area contributed by atoms with Crippen LogP contribution in [0, 0.1) is 0 Å². The van der Waals surface area contributed by atoms with Gasteiger partial charge in [0.2, 0.25) is 17.4 Å². The summed E-state index contributed by atoms with van der Waals surface area (Å²) in [4.78, 5) is 25.8. The molecule has 1 fully saturated rings. The second-order valence-corrected chi connectivity index (χ2v) is 4.75. The topological polar surface area (TPSA) is 124 Å². The Bertz CT molecular complexity index is 501. The fraction of sp³-hybridized carbons (Fsp3) is 0.636. The summed E-state index contributed by atoms with van der Waals surface area (Å²) in [7, 11) is 0. The molecular weight excluding hydrogens is 266 g/mol. The van der Waals surface area contributed by atoms with Crippen molar-refractivity contribution in [1.82, 2.24) is 20.5 Å². The molecule has 9 nitrogen and oxygen atoms in total. The van der Waals surface area contributed by atoms with Crippen LogP contribution < -0.4 is 11.1 Å². The van der Waals surface area contributed by atoms with E-state index in [0.29, 0.717) is 6.61 Å². The van der Waals surface area contributed by atoms with E-state index in [1.807, 2.05) is 13.8 Å². The Balaban J connectivity index is 2.17. The first kappa shape index (κ1) is 14.3. The molecule has 1 aliphatic heterocycles. The number of carbonyl (C=O) groups is 2. The summed E-state index contributed by atoms with van der Waals surface area (Å²) in [6.45, 7) is 4.44. The van der Waals surface area contributed by atoms with Gasteiger partial charge in [0, 0.05) is 12.6 Å². The lowest BCUT2D eigenvalue weighted by Crippen LogP contribution is -2.56. The average molecular weight is 283 g/mol. The molecule has 1 aromatic heterocycles. The first-order valence-electron chi connectivity index (χ1n) is 6.27. The smallest absolute Gasteiger partial charge is 0.280 e. The summed E-state index contributed by atoms with van der Waals surface area (Å²) in [5, 5.41) is 9.59. The van der Waals surface area contributed by atoms with E-state index in [-0.39, 0.29) is 36.6 Å². The predicted octanol–water partition coefficient (Wildman–Crippen LogP) is -0.983. The lowest BCUT2D eigenvalue weighted by molar-refractivity contribution is -0.131. The SMILES string of the molecule is CC(C)NC(=O)C1COCCN1C(=O)c1nonc1N. The number of morpholine rings is 1. The van der Waals surface area contributed by atoms with Gasteiger partial charge in [0.25, 0.3) is 5.91 Å². The monoisotopic (exact) mass is 283 g/mol. The molecule has 2 amide bonds. The van der Waals surface area contributed by atoms with Crippen LogP contribution in [0.2, 0.25) is 0 Å². The normalized spacial score (nSPS) is 19.1. The number of hydrogen-bond acceptors (Lipinski definition) is 7. The Morgan fingerprint density at radius 3 is 2.80 bits per heavy atom. The van der Waals surface area contributed by atoms with Gasteiger partial charge in [0.1, 0.15) is 6.04 Å². The third kappa shape index (κ3) is 2.87. The number of amides is 2. The van der Waals surface area contributed by atoms with Crippen LogP contribution in [0.1, 0.15) is 24.3 Å². The maximum Gasteiger partial charge on any atom is 0.280 e. The maximum absolute atomic E-state index is 12.3. The lowest BCUT2D eigenvalue weighted by atomic mass is 10.2. The number of nitrogens with two attached hydrogens (primary N) is 1. The van der Waals surface area contributed by atoms with Crippen LogP contribution in [-0.4, -0.2) is 58.9 Å². The fourth-order valence-electron chi connectivity index (χ4n) is 1.92. The molecule has 1 aromatic rings. The Labute approximate surface area is 115 Å². The highest BCUT2D eigenvalue weighted by molar-refractivity contribution is 5.99. The summed E-state index contributed by atoms with van der Waals surface area (Å²) in [5.41, 5.74) is 5.42. The number of rotatable bonds is 3. The Morgan fingerprint density at radius 1 is 1.45 bits per heavy atom. The average Bonchev–Trinajstić information content (AvgIpc) is 2.83. The number of carbonyl (C=O) groups excluding carboxylic acids is 2. The van der Waals surface area contributed by atoms with Gasteiger partial charge in [-0.05, 0) is 24.2 Å². The Hall–Kier alpha value is -2.16. The minimum Gasteiger partial charge on any atom is -0.379 e. The predicted molar refractivity (Wildman–Crippen MR) is 67.6 cm³/mol. The Kier molecular flexibility index (Phi) is 4.18. The first-order valence-corrected chi connectivity index (χ1v) is 6.27. The van der Waals surface area contributed by atoms with Crippen LogP contribution in [-0.2, 0) is 9.53 Å². The van der Waals surface area contributed by atoms with E-state index in [0.717, 1.165) is 0 Å². The third-order valence-electron chi connectivity index (χ3n) is 2.84. The number of aromatic nitrogens is 2. The van der Waals surface area contributed by atoms with Crippen molar-refractivity contribution in [1.29, 1.82) is 0 Å². The summed E-state index contributed by atoms with van der Waals surface area (Å²) < 4.78 is 9.68. The highest BCUT2D eigenvalue weighted by Gasteiger charge is 2.35. The third-order valence-corrected chi connectivity index (χ3v) is 2.84. The number of nitrogen functional groups attached to an aromatic ring is 1. The zero-order valence-electron chi connectivity index (χ0n) is 11.3. The number of ether oxygens (including phenoxy) is 1. The van der Waals surface area contributed by atoms with Crippen LogP contribution in [0.25, 0.3) is 0 Å². The molecule has 0 aliphatic carbocycles. The largest absolute Gasteiger partial charge is 0.379 e. The van der Waals surface area contributed by atoms with Crippen LogP contribution in [0.4, 0.5) is 5.82 Å². The molecule has 9 heteroatoms. The number of nitrogens with zero attached hydrogens (tertiary/aromatic N) is 3. The van der Waals surface area contributed by atoms with E-state index in [1.54, 1.807) is 0 Å². The molecule has 0 spiro atoms. The minimum atomic E-state index is -0.713. The van der Waals surface area contributed by atoms with Gasteiger partial charge in [-0.25, -0.2) is 4.63 Å². The van der Waals surface area contributed by atoms with Crippen LogP contribution in [0.15, 0.2) is 4.63 Å². The van der Waals surface area contributed by atoms with Gasteiger partial charge < -0.3 is 20.7 Å². The van der Waals surface area contributed by atoms with Gasteiger partial charge in [-0.2, -0.15) is 0 Å². The molecule has 0 aromatic carbocycles. The van der Waals surface area contributed by atoms with E-state index < -0.39 is 11.9 Å². The van der Waals surface area contributed by atoms with Gasteiger partial charge in [-0.3, -0.25) is 9.59 Å². The van der Waals surface area contributed by atoms with Crippen LogP contribution >= 0.6 is 0 Å². The molecule has 1 aliphatic rings. The van der Waals surface area contributed by atoms with E-state index in [1.165, 1.54) is 4.90 Å². The van der Waals surface area contributed by atoms with Crippen molar-refractivity contribution in [2.75, 3.05) is 25.5 Å². The van der Waals surface area contributed by atoms with Crippen molar-refractivity contribution in [2.45, 2.75) is 25.9 Å². The van der Waals surface area contributed by atoms with E-state index in [9.17, 15) is 9.59 Å². The second kappa shape index (κ2) is 5.87. The molecule has 1 saturated heterocycles. The Morgan fingerprint density at radius 2 is 2.20 bits per heavy atom. The maximum atomic E-state index is 12.3. The standard InChI is InChI=1S/C11H17N5O4/c1-6(2)13-10(17)7-5-19-4-3-16(7)11(18)8-9(12)15-20-14-8/h6-7H,3-5H2,1-2H3,(H2,12,15)(H,13,17). The molecule has 0 bridgehead atoms. The molecule has 2 heterocycles. The summed E-state index contributed by atoms with van der Waals surface area (Å²) in [6, 6.07) is -0.741. The summed E-state index contributed by atoms with van der Waals surface area (Å²) >= 11 is 0. The molecule has 3 N–H and O–H groups in total. The van der Waals surface area contributed by atoms with E-state index in [2.05, 4.69) is 20.3 Å². The highest BCUT2D eigenvalue weighted by atomic mass is 16.6. The van der Waals surface area contributed by atoms with Crippen molar-refractivity contribution < 1.29 is 19.0 Å². The molecular formula is C11H17N5O4. The highest BCUT2D eigenvalue weighted by Crippen LogP contribution is 2.14. The summed E-state index contributed by atoms with van der Waals surface area (Å²) in [5.74, 6) is -0.858. The van der Waals surface area contributed by atoms with E-state index >= 15 is 0 Å². The van der Waals surface area contributed by atoms with Gasteiger partial charge in [-0.1, -0.05) is 0 Å². The molecule has 2 rings (SSSR count). The van der Waals surface area contributed by atoms with Gasteiger partial charge in [-0.15, -0.1) is 0 Å². The summed E-state index contributed by atoms with van der Waals surface area (Å²) in [6.07, 6.45) is 0. The molecule has 0 radical (unpaired) electrons. The van der Waals surface area contributed by atoms with Gasteiger partial charge in [0.05, 0.1) is 13.2 Å². The van der Waals surface area contributed by atoms with Crippen molar-refractivity contribution >= 4 is 17.6 Å². The quantitative estimate of drug-likeness (QED) is 0.730. The van der Waals surface area contributed by atoms with E-state index in [4.69, 9.17) is 10.5 Å². The molecule has 110 valence electrons. The van der Waals surface area contributed by atoms with Crippen molar-refractivity contribution in [3.8, 4) is 0 Å². The minimum absolute atomic E-state index is 0.0276.